The van der Waals surface area contributed by atoms with Crippen LogP contribution in [-0.2, 0) is 16.4 Å². The lowest BCUT2D eigenvalue weighted by Gasteiger charge is -2.44. The van der Waals surface area contributed by atoms with E-state index in [4.69, 9.17) is 4.74 Å². The third-order valence-electron chi connectivity index (χ3n) is 5.47. The minimum Gasteiger partial charge on any atom is -0.487 e. The van der Waals surface area contributed by atoms with E-state index in [2.05, 4.69) is 6.07 Å². The van der Waals surface area contributed by atoms with Crippen LogP contribution in [0.25, 0.3) is 0 Å². The number of sulfonamides is 1. The van der Waals surface area contributed by atoms with Crippen molar-refractivity contribution in [1.29, 1.82) is 0 Å². The van der Waals surface area contributed by atoms with Gasteiger partial charge in [0.05, 0.1) is 9.82 Å². The fourth-order valence-electron chi connectivity index (χ4n) is 3.83. The Morgan fingerprint density at radius 2 is 1.67 bits per heavy atom. The van der Waals surface area contributed by atoms with E-state index in [1.54, 1.807) is 0 Å². The van der Waals surface area contributed by atoms with Crippen LogP contribution < -0.4 is 4.74 Å². The van der Waals surface area contributed by atoms with Crippen LogP contribution in [0.5, 0.6) is 5.75 Å². The molecule has 1 spiro atoms. The number of ether oxygens (including phenoxy) is 1. The molecule has 2 aromatic rings. The van der Waals surface area contributed by atoms with Gasteiger partial charge in [0.25, 0.3) is 5.69 Å². The standard InChI is InChI=1S/C19H20N2O5S/c22-21(23)16-5-7-17(8-6-16)27(24,25)20-13-11-19(12-14-20)10-9-15-3-1-2-4-18(15)26-19/h1-8H,9-14H2. The Hall–Kier alpha value is -2.45. The molecule has 1 saturated heterocycles. The van der Waals surface area contributed by atoms with Crippen LogP contribution in [0, 0.1) is 10.1 Å². The van der Waals surface area contributed by atoms with Crippen molar-refractivity contribution in [2.24, 2.45) is 0 Å². The SMILES string of the molecule is O=[N+]([O-])c1ccc(S(=O)(=O)N2CCC3(CCc4ccccc4O3)CC2)cc1. The first-order chi connectivity index (χ1) is 12.9. The second-order valence-electron chi connectivity index (χ2n) is 7.05. The first kappa shape index (κ1) is 17.9. The van der Waals surface area contributed by atoms with E-state index >= 15 is 0 Å². The number of hydrogen-bond acceptors (Lipinski definition) is 5. The molecular weight excluding hydrogens is 368 g/mol. The van der Waals surface area contributed by atoms with Gasteiger partial charge in [-0.3, -0.25) is 10.1 Å². The second-order valence-corrected chi connectivity index (χ2v) is 8.99. The number of hydrogen-bond donors (Lipinski definition) is 0. The van der Waals surface area contributed by atoms with Gasteiger partial charge < -0.3 is 4.74 Å². The Morgan fingerprint density at radius 1 is 1.00 bits per heavy atom. The van der Waals surface area contributed by atoms with Crippen LogP contribution in [0.2, 0.25) is 0 Å². The summed E-state index contributed by atoms with van der Waals surface area (Å²) >= 11 is 0. The van der Waals surface area contributed by atoms with Crippen molar-refractivity contribution in [3.05, 3.63) is 64.2 Å². The Labute approximate surface area is 157 Å². The van der Waals surface area contributed by atoms with E-state index in [1.165, 1.54) is 34.1 Å². The quantitative estimate of drug-likeness (QED) is 0.595. The zero-order valence-electron chi connectivity index (χ0n) is 14.7. The lowest BCUT2D eigenvalue weighted by atomic mass is 9.84. The average molecular weight is 388 g/mol. The summed E-state index contributed by atoms with van der Waals surface area (Å²) in [5, 5.41) is 10.8. The summed E-state index contributed by atoms with van der Waals surface area (Å²) in [6.45, 7) is 0.753. The molecule has 2 heterocycles. The molecule has 142 valence electrons. The maximum atomic E-state index is 12.9. The second kappa shape index (κ2) is 6.61. The number of nitro groups is 1. The number of fused-ring (bicyclic) bond motifs is 1. The van der Waals surface area contributed by atoms with E-state index in [-0.39, 0.29) is 16.2 Å². The van der Waals surface area contributed by atoms with E-state index in [0.717, 1.165) is 18.6 Å². The van der Waals surface area contributed by atoms with E-state index in [9.17, 15) is 18.5 Å². The number of nitro benzene ring substituents is 1. The highest BCUT2D eigenvalue weighted by atomic mass is 32.2. The third-order valence-corrected chi connectivity index (χ3v) is 7.38. The van der Waals surface area contributed by atoms with Gasteiger partial charge in [-0.05, 0) is 36.6 Å². The topological polar surface area (TPSA) is 89.8 Å². The van der Waals surface area contributed by atoms with Crippen LogP contribution >= 0.6 is 0 Å². The molecule has 0 radical (unpaired) electrons. The van der Waals surface area contributed by atoms with Crippen molar-refractivity contribution in [3.8, 4) is 5.75 Å². The zero-order valence-corrected chi connectivity index (χ0v) is 15.5. The summed E-state index contributed by atoms with van der Waals surface area (Å²) in [5.74, 6) is 0.899. The van der Waals surface area contributed by atoms with Crippen LogP contribution in [0.15, 0.2) is 53.4 Å². The van der Waals surface area contributed by atoms with Gasteiger partial charge in [-0.25, -0.2) is 8.42 Å². The molecular formula is C19H20N2O5S. The highest BCUT2D eigenvalue weighted by molar-refractivity contribution is 7.89. The minimum absolute atomic E-state index is 0.0824. The zero-order chi connectivity index (χ0) is 19.1. The average Bonchev–Trinajstić information content (AvgIpc) is 2.68. The fourth-order valence-corrected chi connectivity index (χ4v) is 5.27. The molecule has 0 aliphatic carbocycles. The monoisotopic (exact) mass is 388 g/mol. The normalized spacial score (nSPS) is 19.3. The largest absolute Gasteiger partial charge is 0.487 e. The molecule has 0 unspecified atom stereocenters. The molecule has 2 aromatic carbocycles. The van der Waals surface area contributed by atoms with E-state index in [1.807, 2.05) is 18.2 Å². The number of non-ortho nitro benzene ring substituents is 1. The van der Waals surface area contributed by atoms with E-state index < -0.39 is 14.9 Å². The van der Waals surface area contributed by atoms with Crippen molar-refractivity contribution in [2.75, 3.05) is 13.1 Å². The Bertz CT molecular complexity index is 964. The summed E-state index contributed by atoms with van der Waals surface area (Å²) in [6, 6.07) is 13.0. The van der Waals surface area contributed by atoms with Crippen molar-refractivity contribution in [2.45, 2.75) is 36.2 Å². The number of rotatable bonds is 3. The maximum Gasteiger partial charge on any atom is 0.269 e. The first-order valence-electron chi connectivity index (χ1n) is 8.91. The molecule has 7 nitrogen and oxygen atoms in total. The van der Waals surface area contributed by atoms with Gasteiger partial charge in [-0.2, -0.15) is 4.31 Å². The number of nitrogens with zero attached hydrogens (tertiary/aromatic N) is 2. The van der Waals surface area contributed by atoms with Gasteiger partial charge in [0, 0.05) is 38.1 Å². The Kier molecular flexibility index (Phi) is 4.39. The number of piperidine rings is 1. The Balaban J connectivity index is 1.48. The molecule has 2 aliphatic heterocycles. The van der Waals surface area contributed by atoms with Crippen LogP contribution in [-0.4, -0.2) is 36.3 Å². The molecule has 2 aliphatic rings. The lowest BCUT2D eigenvalue weighted by Crippen LogP contribution is -2.51. The van der Waals surface area contributed by atoms with Gasteiger partial charge in [0.15, 0.2) is 0 Å². The summed E-state index contributed by atoms with van der Waals surface area (Å²) in [4.78, 5) is 10.3. The molecule has 0 N–H and O–H groups in total. The highest BCUT2D eigenvalue weighted by Gasteiger charge is 2.42. The third kappa shape index (κ3) is 3.30. The van der Waals surface area contributed by atoms with Crippen molar-refractivity contribution in [3.63, 3.8) is 0 Å². The molecule has 0 amide bonds. The lowest BCUT2D eigenvalue weighted by molar-refractivity contribution is -0.384. The highest BCUT2D eigenvalue weighted by Crippen LogP contribution is 2.40. The predicted octanol–water partition coefficient (Wildman–Crippen LogP) is 3.14. The molecule has 1 fully saturated rings. The fraction of sp³-hybridized carbons (Fsp3) is 0.368. The summed E-state index contributed by atoms with van der Waals surface area (Å²) in [7, 11) is -3.67. The maximum absolute atomic E-state index is 12.9. The predicted molar refractivity (Wildman–Crippen MR) is 99.2 cm³/mol. The van der Waals surface area contributed by atoms with Gasteiger partial charge >= 0.3 is 0 Å². The van der Waals surface area contributed by atoms with Crippen LogP contribution in [0.3, 0.4) is 0 Å². The van der Waals surface area contributed by atoms with Gasteiger partial charge in [-0.15, -0.1) is 0 Å². The van der Waals surface area contributed by atoms with Gasteiger partial charge in [-0.1, -0.05) is 18.2 Å². The summed E-state index contributed by atoms with van der Waals surface area (Å²) in [5.41, 5.74) is 0.764. The summed E-state index contributed by atoms with van der Waals surface area (Å²) in [6.07, 6.45) is 3.09. The number of benzene rings is 2. The molecule has 0 bridgehead atoms. The van der Waals surface area contributed by atoms with Crippen molar-refractivity contribution < 1.29 is 18.1 Å². The van der Waals surface area contributed by atoms with Gasteiger partial charge in [0.1, 0.15) is 11.4 Å². The number of aryl methyl sites for hydroxylation is 1. The van der Waals surface area contributed by atoms with Crippen LogP contribution in [0.4, 0.5) is 5.69 Å². The smallest absolute Gasteiger partial charge is 0.269 e. The first-order valence-corrected chi connectivity index (χ1v) is 10.4. The molecule has 0 atom stereocenters. The molecule has 4 rings (SSSR count). The molecule has 0 aromatic heterocycles. The minimum atomic E-state index is -3.67. The van der Waals surface area contributed by atoms with Gasteiger partial charge in [0.2, 0.25) is 10.0 Å². The molecule has 8 heteroatoms. The van der Waals surface area contributed by atoms with Crippen molar-refractivity contribution >= 4 is 15.7 Å². The van der Waals surface area contributed by atoms with Crippen LogP contribution in [0.1, 0.15) is 24.8 Å². The van der Waals surface area contributed by atoms with E-state index in [0.29, 0.717) is 25.9 Å². The number of para-hydroxylation sites is 1. The summed E-state index contributed by atoms with van der Waals surface area (Å²) < 4.78 is 33.4. The Morgan fingerprint density at radius 3 is 2.33 bits per heavy atom. The van der Waals surface area contributed by atoms with Crippen molar-refractivity contribution in [1.82, 2.24) is 4.31 Å². The molecule has 27 heavy (non-hydrogen) atoms. The molecule has 0 saturated carbocycles.